The minimum Gasteiger partial charge on any atom is -0.413 e. The molecule has 1 aliphatic heterocycles. The number of piperazine rings is 1. The highest BCUT2D eigenvalue weighted by Crippen LogP contribution is 2.37. The molecule has 1 aliphatic rings. The third-order valence-corrected chi connectivity index (χ3v) is 7.12. The molecule has 4 rings (SSSR count). The summed E-state index contributed by atoms with van der Waals surface area (Å²) in [6.07, 6.45) is -5.81. The van der Waals surface area contributed by atoms with Crippen molar-refractivity contribution in [2.45, 2.75) is 31.6 Å². The monoisotopic (exact) mass is 963 g/mol. The molecular formula is C26H22F6I3N5O4. The molecule has 0 aliphatic carbocycles. The van der Waals surface area contributed by atoms with Crippen molar-refractivity contribution in [3.05, 3.63) is 63.7 Å². The van der Waals surface area contributed by atoms with Crippen molar-refractivity contribution >= 4 is 96.6 Å². The lowest BCUT2D eigenvalue weighted by molar-refractivity contribution is -0.146. The number of anilines is 1. The van der Waals surface area contributed by atoms with E-state index in [1.807, 2.05) is 67.8 Å². The van der Waals surface area contributed by atoms with Crippen LogP contribution in [0.5, 0.6) is 0 Å². The summed E-state index contributed by atoms with van der Waals surface area (Å²) in [6, 6.07) is 3.49. The Morgan fingerprint density at radius 2 is 1.59 bits per heavy atom. The van der Waals surface area contributed by atoms with Crippen LogP contribution < -0.4 is 15.6 Å². The summed E-state index contributed by atoms with van der Waals surface area (Å²) in [5, 5.41) is 1.87. The summed E-state index contributed by atoms with van der Waals surface area (Å²) < 4.78 is 88.3. The largest absolute Gasteiger partial charge is 0.413 e. The number of rotatable bonds is 6. The lowest BCUT2D eigenvalue weighted by Gasteiger charge is -2.35. The number of pyridine rings is 2. The van der Waals surface area contributed by atoms with Gasteiger partial charge in [0.2, 0.25) is 5.43 Å². The molecule has 9 nitrogen and oxygen atoms in total. The molecular weight excluding hydrogens is 941 g/mol. The molecule has 1 saturated heterocycles. The Labute approximate surface area is 287 Å². The van der Waals surface area contributed by atoms with Gasteiger partial charge < -0.3 is 19.9 Å². The van der Waals surface area contributed by atoms with Gasteiger partial charge in [-0.3, -0.25) is 14.2 Å². The molecule has 0 atom stereocenters. The van der Waals surface area contributed by atoms with Crippen LogP contribution in [0.25, 0.3) is 16.7 Å². The van der Waals surface area contributed by atoms with Crippen molar-refractivity contribution in [1.29, 1.82) is 0 Å². The topological polar surface area (TPSA) is 96.8 Å². The van der Waals surface area contributed by atoms with Crippen LogP contribution in [0.4, 0.5) is 37.0 Å². The van der Waals surface area contributed by atoms with Gasteiger partial charge in [-0.05, 0) is 93.8 Å². The van der Waals surface area contributed by atoms with Gasteiger partial charge in [0.15, 0.2) is 17.3 Å². The lowest BCUT2D eigenvalue weighted by Crippen LogP contribution is -2.49. The Bertz CT molecular complexity index is 1650. The summed E-state index contributed by atoms with van der Waals surface area (Å²) in [6.45, 7) is 3.27. The van der Waals surface area contributed by atoms with E-state index in [0.29, 0.717) is 12.1 Å². The predicted octanol–water partition coefficient (Wildman–Crippen LogP) is 6.44. The van der Waals surface area contributed by atoms with Gasteiger partial charge in [-0.25, -0.2) is 22.9 Å². The third-order valence-electron chi connectivity index (χ3n) is 6.46. The normalized spacial score (nSPS) is 14.6. The fourth-order valence-corrected chi connectivity index (χ4v) is 5.23. The molecule has 3 aromatic rings. The number of carbonyl (C=O) groups is 2. The number of halogens is 9. The number of benzene rings is 1. The van der Waals surface area contributed by atoms with E-state index >= 15 is 8.78 Å². The second-order valence-electron chi connectivity index (χ2n) is 10.4. The molecule has 2 aromatic heterocycles. The van der Waals surface area contributed by atoms with E-state index in [4.69, 9.17) is 4.74 Å². The maximum atomic E-state index is 15.0. The maximum Gasteiger partial charge on any atom is 0.412 e. The van der Waals surface area contributed by atoms with Crippen LogP contribution in [0.1, 0.15) is 30.6 Å². The number of fused-ring (bicyclic) bond motifs is 1. The van der Waals surface area contributed by atoms with Crippen molar-refractivity contribution in [3.8, 4) is 5.69 Å². The first kappa shape index (κ1) is 34.8. The summed E-state index contributed by atoms with van der Waals surface area (Å²) in [4.78, 5) is 46.6. The predicted molar refractivity (Wildman–Crippen MR) is 174 cm³/mol. The first-order valence-electron chi connectivity index (χ1n) is 12.6. The fourth-order valence-electron chi connectivity index (χ4n) is 4.67. The van der Waals surface area contributed by atoms with Gasteiger partial charge in [0.25, 0.3) is 5.53 Å². The lowest BCUT2D eigenvalue weighted by atomic mass is 9.99. The number of nitrogens with one attached hydrogen (secondary N) is 1. The van der Waals surface area contributed by atoms with Crippen molar-refractivity contribution in [1.82, 2.24) is 19.8 Å². The molecule has 1 aromatic carbocycles. The minimum atomic E-state index is -4.64. The molecule has 44 heavy (non-hydrogen) atoms. The highest BCUT2D eigenvalue weighted by Gasteiger charge is 2.38. The summed E-state index contributed by atoms with van der Waals surface area (Å²) in [7, 11) is 0. The molecule has 0 saturated carbocycles. The van der Waals surface area contributed by atoms with Crippen LogP contribution in [0.3, 0.4) is 0 Å². The molecule has 238 valence electrons. The molecule has 18 heteroatoms. The number of hydrogen-bond donors (Lipinski definition) is 1. The van der Waals surface area contributed by atoms with Gasteiger partial charge in [-0.2, -0.15) is 13.2 Å². The van der Waals surface area contributed by atoms with E-state index in [2.05, 4.69) is 10.3 Å². The van der Waals surface area contributed by atoms with Crippen LogP contribution in [-0.2, 0) is 4.74 Å². The standard InChI is InChI=1S/C26H22F6I3N5O4/c1-24(2,12-25(30,31)32)37-22(42)15-11-40(19-16(28)9-13(27)10-17(19)29)21-14(20(15)41)3-4-18(36-21)38-5-7-39(8-6-38)23(43)44-26(33,34)35/h3-4,9-11H,5-8,12H2,1-2H3,(H,37,42). The van der Waals surface area contributed by atoms with E-state index in [1.165, 1.54) is 17.0 Å². The molecule has 1 N–H and O–H groups in total. The average molecular weight is 963 g/mol. The number of nitrogens with zero attached hydrogens (tertiary/aromatic N) is 4. The van der Waals surface area contributed by atoms with Crippen LogP contribution in [-0.4, -0.2) is 64.0 Å². The number of carbonyl (C=O) groups excluding carboxylic acids is 2. The number of ether oxygens (including phenoxy) is 1. The second-order valence-corrected chi connectivity index (χ2v) is 21.2. The van der Waals surface area contributed by atoms with E-state index in [1.54, 1.807) is 4.90 Å². The summed E-state index contributed by atoms with van der Waals surface area (Å²) >= 11 is 5.86. The zero-order valence-corrected chi connectivity index (χ0v) is 29.2. The van der Waals surface area contributed by atoms with Crippen LogP contribution in [0.2, 0.25) is 0 Å². The Morgan fingerprint density at radius 3 is 2.14 bits per heavy atom. The van der Waals surface area contributed by atoms with Gasteiger partial charge in [0, 0.05) is 50.0 Å². The molecule has 0 spiro atoms. The highest BCUT2D eigenvalue weighted by molar-refractivity contribution is 14.3. The van der Waals surface area contributed by atoms with Gasteiger partial charge in [0.05, 0.1) is 11.8 Å². The number of hydrogen-bond acceptors (Lipinski definition) is 6. The van der Waals surface area contributed by atoms with E-state index in [9.17, 15) is 31.9 Å². The van der Waals surface area contributed by atoms with Crippen LogP contribution >= 0.6 is 67.8 Å². The number of aromatic nitrogens is 2. The zero-order chi connectivity index (χ0) is 32.8. The quantitative estimate of drug-likeness (QED) is 0.174. The summed E-state index contributed by atoms with van der Waals surface area (Å²) in [5.41, 5.74) is -4.66. The average Bonchev–Trinajstić information content (AvgIpc) is 2.86. The van der Waals surface area contributed by atoms with Gasteiger partial charge in [-0.15, -0.1) is 0 Å². The number of amides is 2. The van der Waals surface area contributed by atoms with E-state index in [-0.39, 0.29) is 43.0 Å². The Morgan fingerprint density at radius 1 is 1.00 bits per heavy atom. The van der Waals surface area contributed by atoms with Crippen molar-refractivity contribution in [3.63, 3.8) is 0 Å². The van der Waals surface area contributed by atoms with Crippen LogP contribution in [0.15, 0.2) is 35.3 Å². The molecule has 1 fully saturated rings. The van der Waals surface area contributed by atoms with E-state index in [0.717, 1.165) is 24.6 Å². The van der Waals surface area contributed by atoms with Crippen molar-refractivity contribution < 1.29 is 40.7 Å². The smallest absolute Gasteiger partial charge is 0.412 e. The van der Waals surface area contributed by atoms with E-state index < -0.39 is 63.9 Å². The zero-order valence-electron chi connectivity index (χ0n) is 22.7. The minimum absolute atomic E-state index is 0.249. The Hall–Kier alpha value is -2.11. The molecule has 0 unspecified atom stereocenters. The van der Waals surface area contributed by atoms with Gasteiger partial charge in [0.1, 0.15) is 22.9 Å². The third kappa shape index (κ3) is 8.37. The van der Waals surface area contributed by atoms with Gasteiger partial charge in [-0.1, -0.05) is 0 Å². The molecule has 3 heterocycles. The molecule has 0 bridgehead atoms. The maximum absolute atomic E-state index is 15.0. The van der Waals surface area contributed by atoms with Crippen LogP contribution in [0, 0.1) is 17.5 Å². The SMILES string of the molecule is CC(C)(CC(F)(F)F)NC(=O)c1cn(-c2c(F)cc(F)cc2F)c2nc(N3CCN(C(=O)OC(I)(I)I)CC3)ccc2c1=O. The van der Waals surface area contributed by atoms with Crippen molar-refractivity contribution in [2.75, 3.05) is 31.1 Å². The number of alkyl halides is 6. The van der Waals surface area contributed by atoms with Crippen molar-refractivity contribution in [2.24, 2.45) is 0 Å². The Balaban J connectivity index is 1.77. The Kier molecular flexibility index (Phi) is 10.2. The summed E-state index contributed by atoms with van der Waals surface area (Å²) in [5.74, 6) is -4.95. The van der Waals surface area contributed by atoms with Gasteiger partial charge >= 0.3 is 12.3 Å². The first-order chi connectivity index (χ1) is 20.2. The second kappa shape index (κ2) is 12.9. The molecule has 0 radical (unpaired) electrons. The fraction of sp³-hybridized carbons (Fsp3) is 0.385. The highest BCUT2D eigenvalue weighted by atomic mass is 127. The first-order valence-corrected chi connectivity index (χ1v) is 15.9. The molecule has 2 amide bonds.